The molecule has 0 unspecified atom stereocenters. The van der Waals surface area contributed by atoms with Gasteiger partial charge in [-0.05, 0) is 32.6 Å². The number of aromatic nitrogens is 3. The molecule has 0 radical (unpaired) electrons. The van der Waals surface area contributed by atoms with Crippen molar-refractivity contribution in [1.29, 1.82) is 0 Å². The third-order valence-corrected chi connectivity index (χ3v) is 5.64. The van der Waals surface area contributed by atoms with Crippen LogP contribution >= 0.6 is 11.6 Å². The number of fused-ring (bicyclic) bond motifs is 1. The summed E-state index contributed by atoms with van der Waals surface area (Å²) in [4.78, 5) is 14.4. The second-order valence-electron chi connectivity index (χ2n) is 7.92. The van der Waals surface area contributed by atoms with Gasteiger partial charge in [-0.3, -0.25) is 0 Å². The third kappa shape index (κ3) is 3.66. The SMILES string of the molecule is C[C@@]1(O)CCCN(c2nc(OCC3(CO)CC3)nc3c(F)c(Cl)ncc23)C1. The van der Waals surface area contributed by atoms with Crippen LogP contribution in [-0.2, 0) is 0 Å². The van der Waals surface area contributed by atoms with E-state index in [-0.39, 0.29) is 35.3 Å². The van der Waals surface area contributed by atoms with Crippen LogP contribution in [0.5, 0.6) is 6.01 Å². The third-order valence-electron chi connectivity index (χ3n) is 5.38. The minimum atomic E-state index is -0.857. The first kappa shape index (κ1) is 18.6. The number of rotatable bonds is 5. The molecule has 2 aromatic heterocycles. The first-order chi connectivity index (χ1) is 12.8. The molecule has 2 aliphatic rings. The summed E-state index contributed by atoms with van der Waals surface area (Å²) in [5.74, 6) is -0.262. The highest BCUT2D eigenvalue weighted by atomic mass is 35.5. The van der Waals surface area contributed by atoms with Crippen LogP contribution in [0.1, 0.15) is 32.6 Å². The largest absolute Gasteiger partial charge is 0.463 e. The molecule has 0 amide bonds. The molecule has 1 saturated heterocycles. The van der Waals surface area contributed by atoms with Crippen molar-refractivity contribution in [2.75, 3.05) is 31.2 Å². The smallest absolute Gasteiger partial charge is 0.319 e. The van der Waals surface area contributed by atoms with Gasteiger partial charge in [-0.2, -0.15) is 9.97 Å². The molecule has 0 spiro atoms. The molecule has 4 rings (SSSR count). The van der Waals surface area contributed by atoms with E-state index in [9.17, 15) is 14.6 Å². The summed E-state index contributed by atoms with van der Waals surface area (Å²) in [6.07, 6.45) is 4.67. The summed E-state index contributed by atoms with van der Waals surface area (Å²) >= 11 is 5.83. The van der Waals surface area contributed by atoms with E-state index in [0.29, 0.717) is 30.7 Å². The fourth-order valence-electron chi connectivity index (χ4n) is 3.45. The second-order valence-corrected chi connectivity index (χ2v) is 8.28. The summed E-state index contributed by atoms with van der Waals surface area (Å²) in [7, 11) is 0. The van der Waals surface area contributed by atoms with Gasteiger partial charge in [0.2, 0.25) is 0 Å². The van der Waals surface area contributed by atoms with Gasteiger partial charge in [0.25, 0.3) is 0 Å². The van der Waals surface area contributed by atoms with Crippen LogP contribution in [0.15, 0.2) is 6.20 Å². The first-order valence-electron chi connectivity index (χ1n) is 9.05. The topological polar surface area (TPSA) is 91.6 Å². The number of ether oxygens (including phenoxy) is 1. The first-order valence-corrected chi connectivity index (χ1v) is 9.43. The summed E-state index contributed by atoms with van der Waals surface area (Å²) in [6, 6.07) is 0.0311. The lowest BCUT2D eigenvalue weighted by atomic mass is 9.95. The molecule has 9 heteroatoms. The van der Waals surface area contributed by atoms with Gasteiger partial charge < -0.3 is 19.8 Å². The zero-order valence-electron chi connectivity index (χ0n) is 15.1. The predicted molar refractivity (Wildman–Crippen MR) is 98.6 cm³/mol. The number of aliphatic hydroxyl groups excluding tert-OH is 1. The van der Waals surface area contributed by atoms with Crippen LogP contribution in [-0.4, -0.2) is 57.1 Å². The van der Waals surface area contributed by atoms with Crippen LogP contribution in [0.2, 0.25) is 5.15 Å². The number of anilines is 1. The Labute approximate surface area is 161 Å². The highest BCUT2D eigenvalue weighted by Crippen LogP contribution is 2.45. The molecule has 7 nitrogen and oxygen atoms in total. The van der Waals surface area contributed by atoms with Gasteiger partial charge in [-0.25, -0.2) is 9.37 Å². The van der Waals surface area contributed by atoms with Gasteiger partial charge in [0, 0.05) is 24.7 Å². The van der Waals surface area contributed by atoms with E-state index in [0.717, 1.165) is 19.3 Å². The molecule has 3 heterocycles. The van der Waals surface area contributed by atoms with E-state index < -0.39 is 11.4 Å². The minimum absolute atomic E-state index is 0.0311. The number of pyridine rings is 1. The Morgan fingerprint density at radius 3 is 2.78 bits per heavy atom. The number of halogens is 2. The maximum absolute atomic E-state index is 14.6. The van der Waals surface area contributed by atoms with Crippen molar-refractivity contribution in [2.45, 2.75) is 38.2 Å². The monoisotopic (exact) mass is 396 g/mol. The van der Waals surface area contributed by atoms with Crippen molar-refractivity contribution in [3.05, 3.63) is 17.2 Å². The molecule has 1 aliphatic heterocycles. The van der Waals surface area contributed by atoms with Gasteiger partial charge in [0.05, 0.1) is 24.2 Å². The summed E-state index contributed by atoms with van der Waals surface area (Å²) in [5, 5.41) is 20.1. The Balaban J connectivity index is 1.74. The second kappa shape index (κ2) is 6.68. The quantitative estimate of drug-likeness (QED) is 0.749. The van der Waals surface area contributed by atoms with Crippen LogP contribution in [0, 0.1) is 11.2 Å². The van der Waals surface area contributed by atoms with E-state index in [1.54, 1.807) is 6.92 Å². The Morgan fingerprint density at radius 1 is 1.33 bits per heavy atom. The number of aliphatic hydroxyl groups is 2. The molecule has 146 valence electrons. The number of piperidine rings is 1. The average Bonchev–Trinajstić information content (AvgIpc) is 3.42. The lowest BCUT2D eigenvalue weighted by Crippen LogP contribution is -2.46. The van der Waals surface area contributed by atoms with Crippen molar-refractivity contribution in [2.24, 2.45) is 5.41 Å². The van der Waals surface area contributed by atoms with E-state index in [2.05, 4.69) is 15.0 Å². The average molecular weight is 397 g/mol. The van der Waals surface area contributed by atoms with Crippen LogP contribution in [0.4, 0.5) is 10.2 Å². The van der Waals surface area contributed by atoms with Crippen molar-refractivity contribution in [3.63, 3.8) is 0 Å². The van der Waals surface area contributed by atoms with E-state index in [1.807, 2.05) is 4.90 Å². The zero-order chi connectivity index (χ0) is 19.2. The van der Waals surface area contributed by atoms with Crippen molar-refractivity contribution in [1.82, 2.24) is 15.0 Å². The lowest BCUT2D eigenvalue weighted by molar-refractivity contribution is 0.0447. The van der Waals surface area contributed by atoms with Gasteiger partial charge in [-0.1, -0.05) is 11.6 Å². The number of β-amino-alcohol motifs (C(OH)–C–C–N with tert-alkyl or cyclic N) is 1. The standard InChI is InChI=1S/C18H22ClFN4O3/c1-17(26)3-2-6-24(8-17)15-11-7-21-14(19)12(20)13(11)22-16(23-15)27-10-18(9-25)4-5-18/h7,25-26H,2-6,8-10H2,1H3/t17-/m1/s1. The maximum Gasteiger partial charge on any atom is 0.319 e. The molecule has 1 atom stereocenters. The Morgan fingerprint density at radius 2 is 2.11 bits per heavy atom. The fourth-order valence-corrected chi connectivity index (χ4v) is 3.59. The molecule has 0 aromatic carbocycles. The van der Waals surface area contributed by atoms with Gasteiger partial charge in [0.1, 0.15) is 11.3 Å². The normalized spacial score (nSPS) is 24.3. The fraction of sp³-hybridized carbons (Fsp3) is 0.611. The molecule has 2 aromatic rings. The van der Waals surface area contributed by atoms with Crippen LogP contribution < -0.4 is 9.64 Å². The Bertz CT molecular complexity index is 875. The molecule has 1 saturated carbocycles. The van der Waals surface area contributed by atoms with E-state index in [1.165, 1.54) is 6.20 Å². The number of nitrogens with zero attached hydrogens (tertiary/aromatic N) is 4. The lowest BCUT2D eigenvalue weighted by Gasteiger charge is -2.37. The molecule has 2 fully saturated rings. The van der Waals surface area contributed by atoms with Gasteiger partial charge in [-0.15, -0.1) is 0 Å². The zero-order valence-corrected chi connectivity index (χ0v) is 15.8. The van der Waals surface area contributed by atoms with Gasteiger partial charge >= 0.3 is 6.01 Å². The van der Waals surface area contributed by atoms with Gasteiger partial charge in [0.15, 0.2) is 11.0 Å². The van der Waals surface area contributed by atoms with Crippen molar-refractivity contribution in [3.8, 4) is 6.01 Å². The minimum Gasteiger partial charge on any atom is -0.463 e. The predicted octanol–water partition coefficient (Wildman–Crippen LogP) is 2.32. The maximum atomic E-state index is 14.6. The van der Waals surface area contributed by atoms with Crippen LogP contribution in [0.25, 0.3) is 10.9 Å². The molecular formula is C18H22ClFN4O3. The molecule has 27 heavy (non-hydrogen) atoms. The van der Waals surface area contributed by atoms with Crippen molar-refractivity contribution < 1.29 is 19.3 Å². The number of hydrogen-bond acceptors (Lipinski definition) is 7. The molecular weight excluding hydrogens is 375 g/mol. The Hall–Kier alpha value is -1.77. The molecule has 1 aliphatic carbocycles. The molecule has 2 N–H and O–H groups in total. The van der Waals surface area contributed by atoms with Crippen molar-refractivity contribution >= 4 is 28.3 Å². The van der Waals surface area contributed by atoms with E-state index in [4.69, 9.17) is 16.3 Å². The summed E-state index contributed by atoms with van der Waals surface area (Å²) in [6.45, 7) is 3.11. The highest BCUT2D eigenvalue weighted by molar-refractivity contribution is 6.30. The number of hydrogen-bond donors (Lipinski definition) is 2. The highest BCUT2D eigenvalue weighted by Gasteiger charge is 2.43. The Kier molecular flexibility index (Phi) is 4.60. The molecule has 0 bridgehead atoms. The van der Waals surface area contributed by atoms with E-state index >= 15 is 0 Å². The summed E-state index contributed by atoms with van der Waals surface area (Å²) in [5.41, 5.74) is -1.07. The van der Waals surface area contributed by atoms with Crippen LogP contribution in [0.3, 0.4) is 0 Å². The summed E-state index contributed by atoms with van der Waals surface area (Å²) < 4.78 is 20.3.